The minimum absolute atomic E-state index is 0.00184. The van der Waals surface area contributed by atoms with Gasteiger partial charge in [-0.3, -0.25) is 14.2 Å². The second kappa shape index (κ2) is 10.5. The number of aryl methyl sites for hydroxylation is 1. The normalized spacial score (nSPS) is 11.1. The van der Waals surface area contributed by atoms with Crippen LogP contribution < -0.4 is 20.6 Å². The largest absolute Gasteiger partial charge is 0.494 e. The molecule has 11 nitrogen and oxygen atoms in total. The van der Waals surface area contributed by atoms with Gasteiger partial charge in [0.05, 0.1) is 14.2 Å². The number of ether oxygens (including phenoxy) is 2. The quantitative estimate of drug-likeness (QED) is 0.373. The van der Waals surface area contributed by atoms with E-state index >= 15 is 0 Å². The molecule has 1 aromatic carbocycles. The number of nitrogens with zero attached hydrogens (tertiary/aromatic N) is 5. The highest BCUT2D eigenvalue weighted by Gasteiger charge is 2.26. The number of pyridine rings is 1. The van der Waals surface area contributed by atoms with Crippen molar-refractivity contribution < 1.29 is 19.0 Å². The molecule has 0 amide bonds. The van der Waals surface area contributed by atoms with Crippen molar-refractivity contribution in [1.82, 2.24) is 24.3 Å². The Hall–Kier alpha value is -4.41. The molecule has 0 aliphatic heterocycles. The molecule has 0 atom stereocenters. The van der Waals surface area contributed by atoms with Crippen molar-refractivity contribution in [3.05, 3.63) is 75.0 Å². The third kappa shape index (κ3) is 4.85. The SMILES string of the molecule is COc1cccc(OC)c1-n1c(CCC(C)C)nc(O)c(-c2nnc(Cn3ccccc3=O)o2)c1=O. The molecule has 36 heavy (non-hydrogen) atoms. The van der Waals surface area contributed by atoms with Crippen LogP contribution in [0.15, 0.2) is 56.6 Å². The molecule has 0 aliphatic carbocycles. The molecular weight excluding hydrogens is 466 g/mol. The van der Waals surface area contributed by atoms with Gasteiger partial charge in [-0.1, -0.05) is 26.0 Å². The molecule has 188 valence electrons. The third-order valence-corrected chi connectivity index (χ3v) is 5.59. The third-order valence-electron chi connectivity index (χ3n) is 5.59. The van der Waals surface area contributed by atoms with E-state index in [1.165, 1.54) is 29.4 Å². The first-order valence-corrected chi connectivity index (χ1v) is 11.4. The minimum Gasteiger partial charge on any atom is -0.494 e. The fraction of sp³-hybridized carbons (Fsp3) is 0.320. The predicted octanol–water partition coefficient (Wildman–Crippen LogP) is 2.80. The van der Waals surface area contributed by atoms with Gasteiger partial charge in [0.25, 0.3) is 17.0 Å². The Labute approximate surface area is 206 Å². The zero-order valence-electron chi connectivity index (χ0n) is 20.5. The Bertz CT molecular complexity index is 1460. The smallest absolute Gasteiger partial charge is 0.275 e. The monoisotopic (exact) mass is 493 g/mol. The van der Waals surface area contributed by atoms with Crippen LogP contribution in [0.1, 0.15) is 32.0 Å². The van der Waals surface area contributed by atoms with Crippen LogP contribution >= 0.6 is 0 Å². The van der Waals surface area contributed by atoms with Gasteiger partial charge in [-0.25, -0.2) is 0 Å². The zero-order valence-corrected chi connectivity index (χ0v) is 20.5. The maximum Gasteiger partial charge on any atom is 0.275 e. The van der Waals surface area contributed by atoms with Gasteiger partial charge in [0.1, 0.15) is 29.6 Å². The Kier molecular flexibility index (Phi) is 7.18. The lowest BCUT2D eigenvalue weighted by atomic mass is 10.1. The molecule has 0 fully saturated rings. The highest BCUT2D eigenvalue weighted by molar-refractivity contribution is 5.63. The first-order chi connectivity index (χ1) is 17.3. The van der Waals surface area contributed by atoms with E-state index in [0.29, 0.717) is 35.3 Å². The highest BCUT2D eigenvalue weighted by atomic mass is 16.5. The second-order valence-corrected chi connectivity index (χ2v) is 8.48. The summed E-state index contributed by atoms with van der Waals surface area (Å²) in [5, 5.41) is 18.7. The van der Waals surface area contributed by atoms with E-state index < -0.39 is 11.4 Å². The van der Waals surface area contributed by atoms with Crippen LogP contribution in [0.2, 0.25) is 0 Å². The summed E-state index contributed by atoms with van der Waals surface area (Å²) in [6.07, 6.45) is 2.71. The van der Waals surface area contributed by atoms with E-state index in [-0.39, 0.29) is 29.4 Å². The fourth-order valence-corrected chi connectivity index (χ4v) is 3.76. The molecular formula is C25H27N5O6. The number of benzene rings is 1. The lowest BCUT2D eigenvalue weighted by Gasteiger charge is -2.19. The summed E-state index contributed by atoms with van der Waals surface area (Å²) in [7, 11) is 2.98. The van der Waals surface area contributed by atoms with Crippen LogP contribution in [0, 0.1) is 5.92 Å². The Morgan fingerprint density at radius 3 is 2.39 bits per heavy atom. The van der Waals surface area contributed by atoms with Gasteiger partial charge in [0.15, 0.2) is 5.56 Å². The molecule has 1 N–H and O–H groups in total. The standard InChI is InChI=1S/C25H27N5O6/c1-15(2)11-12-18-26-23(32)21(24-28-27-19(36-24)14-29-13-6-5-10-20(29)31)25(33)30(18)22-16(34-3)8-7-9-17(22)35-4/h5-10,13,15,32H,11-12,14H2,1-4H3. The van der Waals surface area contributed by atoms with Crippen LogP contribution in [0.25, 0.3) is 17.1 Å². The first-order valence-electron chi connectivity index (χ1n) is 11.4. The lowest BCUT2D eigenvalue weighted by molar-refractivity contribution is 0.387. The van der Waals surface area contributed by atoms with Crippen LogP contribution in [0.5, 0.6) is 17.4 Å². The Morgan fingerprint density at radius 2 is 1.75 bits per heavy atom. The molecule has 3 aromatic heterocycles. The molecule has 3 heterocycles. The van der Waals surface area contributed by atoms with E-state index in [0.717, 1.165) is 6.42 Å². The predicted molar refractivity (Wildman–Crippen MR) is 131 cm³/mol. The number of rotatable bonds is 9. The van der Waals surface area contributed by atoms with Crippen LogP contribution in [-0.2, 0) is 13.0 Å². The van der Waals surface area contributed by atoms with Crippen molar-refractivity contribution in [2.75, 3.05) is 14.2 Å². The van der Waals surface area contributed by atoms with Crippen LogP contribution in [-0.4, -0.2) is 43.6 Å². The number of methoxy groups -OCH3 is 2. The van der Waals surface area contributed by atoms with Crippen molar-refractivity contribution in [3.8, 4) is 34.5 Å². The average Bonchev–Trinajstić information content (AvgIpc) is 3.31. The lowest BCUT2D eigenvalue weighted by Crippen LogP contribution is -2.26. The first kappa shape index (κ1) is 24.7. The molecule has 0 aliphatic rings. The van der Waals surface area contributed by atoms with Crippen molar-refractivity contribution in [2.24, 2.45) is 5.92 Å². The van der Waals surface area contributed by atoms with Gasteiger partial charge in [0, 0.05) is 18.7 Å². The molecule has 4 rings (SSSR count). The van der Waals surface area contributed by atoms with Crippen LogP contribution in [0.4, 0.5) is 0 Å². The van der Waals surface area contributed by atoms with Crippen LogP contribution in [0.3, 0.4) is 0 Å². The molecule has 0 bridgehead atoms. The van der Waals surface area contributed by atoms with Gasteiger partial charge in [-0.05, 0) is 30.5 Å². The van der Waals surface area contributed by atoms with E-state index in [1.807, 2.05) is 0 Å². The summed E-state index contributed by atoms with van der Waals surface area (Å²) in [6.45, 7) is 4.11. The van der Waals surface area contributed by atoms with E-state index in [4.69, 9.17) is 13.9 Å². The summed E-state index contributed by atoms with van der Waals surface area (Å²) in [5.41, 5.74) is -0.802. The maximum atomic E-state index is 13.9. The summed E-state index contributed by atoms with van der Waals surface area (Å²) < 4.78 is 19.4. The minimum atomic E-state index is -0.629. The van der Waals surface area contributed by atoms with Gasteiger partial charge >= 0.3 is 0 Å². The molecule has 0 saturated carbocycles. The fourth-order valence-electron chi connectivity index (χ4n) is 3.76. The highest BCUT2D eigenvalue weighted by Crippen LogP contribution is 2.34. The maximum absolute atomic E-state index is 13.9. The van der Waals surface area contributed by atoms with Gasteiger partial charge in [0.2, 0.25) is 11.8 Å². The van der Waals surface area contributed by atoms with Gasteiger partial charge < -0.3 is 23.6 Å². The van der Waals surface area contributed by atoms with Crippen molar-refractivity contribution in [2.45, 2.75) is 33.2 Å². The Balaban J connectivity index is 1.89. The van der Waals surface area contributed by atoms with Gasteiger partial charge in [-0.15, -0.1) is 10.2 Å². The molecule has 0 unspecified atom stereocenters. The topological polar surface area (TPSA) is 134 Å². The van der Waals surface area contributed by atoms with Crippen molar-refractivity contribution in [3.63, 3.8) is 0 Å². The average molecular weight is 494 g/mol. The molecule has 0 saturated heterocycles. The number of aromatic hydroxyl groups is 1. The number of hydrogen-bond donors (Lipinski definition) is 1. The van der Waals surface area contributed by atoms with E-state index in [2.05, 4.69) is 29.0 Å². The van der Waals surface area contributed by atoms with Gasteiger partial charge in [-0.2, -0.15) is 4.98 Å². The molecule has 0 spiro atoms. The van der Waals surface area contributed by atoms with E-state index in [1.54, 1.807) is 36.5 Å². The summed E-state index contributed by atoms with van der Waals surface area (Å²) in [6, 6.07) is 9.87. The zero-order chi connectivity index (χ0) is 25.8. The van der Waals surface area contributed by atoms with Crippen molar-refractivity contribution in [1.29, 1.82) is 0 Å². The summed E-state index contributed by atoms with van der Waals surface area (Å²) in [4.78, 5) is 30.2. The summed E-state index contributed by atoms with van der Waals surface area (Å²) in [5.74, 6) is 0.760. The molecule has 11 heteroatoms. The summed E-state index contributed by atoms with van der Waals surface area (Å²) >= 11 is 0. The number of para-hydroxylation sites is 1. The van der Waals surface area contributed by atoms with E-state index in [9.17, 15) is 14.7 Å². The number of aromatic nitrogens is 5. The number of hydrogen-bond acceptors (Lipinski definition) is 9. The second-order valence-electron chi connectivity index (χ2n) is 8.48. The Morgan fingerprint density at radius 1 is 1.03 bits per heavy atom. The molecule has 0 radical (unpaired) electrons. The van der Waals surface area contributed by atoms with Crippen molar-refractivity contribution >= 4 is 0 Å². The molecule has 4 aromatic rings.